The van der Waals surface area contributed by atoms with Crippen LogP contribution in [0.5, 0.6) is 0 Å². The van der Waals surface area contributed by atoms with E-state index in [9.17, 15) is 0 Å². The lowest BCUT2D eigenvalue weighted by Crippen LogP contribution is -2.19. The van der Waals surface area contributed by atoms with Crippen molar-refractivity contribution in [1.29, 1.82) is 0 Å². The van der Waals surface area contributed by atoms with Crippen LogP contribution in [-0.2, 0) is 6.54 Å². The van der Waals surface area contributed by atoms with Crippen LogP contribution >= 0.6 is 11.6 Å². The number of hydrogen-bond acceptors (Lipinski definition) is 1. The smallest absolute Gasteiger partial charge is 0.0453 e. The molecule has 0 aliphatic rings. The second-order valence-electron chi connectivity index (χ2n) is 5.50. The highest BCUT2D eigenvalue weighted by Crippen LogP contribution is 2.23. The highest BCUT2D eigenvalue weighted by atomic mass is 35.5. The van der Waals surface area contributed by atoms with Gasteiger partial charge in [0.05, 0.1) is 0 Å². The Balaban J connectivity index is 2.12. The maximum Gasteiger partial charge on any atom is 0.0453 e. The lowest BCUT2D eigenvalue weighted by molar-refractivity contribution is 0.572. The first-order chi connectivity index (χ1) is 9.49. The summed E-state index contributed by atoms with van der Waals surface area (Å²) in [7, 11) is 0. The zero-order chi connectivity index (χ0) is 14.7. The van der Waals surface area contributed by atoms with E-state index in [1.54, 1.807) is 0 Å². The Morgan fingerprint density at radius 2 is 1.65 bits per heavy atom. The molecule has 0 heterocycles. The monoisotopic (exact) mass is 287 g/mol. The third-order valence-corrected chi connectivity index (χ3v) is 4.14. The summed E-state index contributed by atoms with van der Waals surface area (Å²) in [6.45, 7) is 9.52. The summed E-state index contributed by atoms with van der Waals surface area (Å²) >= 11 is 6.24. The van der Waals surface area contributed by atoms with Crippen molar-refractivity contribution in [1.82, 2.24) is 5.32 Å². The van der Waals surface area contributed by atoms with Gasteiger partial charge in [-0.3, -0.25) is 0 Å². The molecule has 0 fully saturated rings. The van der Waals surface area contributed by atoms with Gasteiger partial charge in [0, 0.05) is 17.6 Å². The minimum atomic E-state index is 0.240. The third kappa shape index (κ3) is 3.41. The van der Waals surface area contributed by atoms with Crippen molar-refractivity contribution in [2.24, 2.45) is 0 Å². The Labute approximate surface area is 127 Å². The first-order valence-corrected chi connectivity index (χ1v) is 7.41. The lowest BCUT2D eigenvalue weighted by Gasteiger charge is -2.18. The van der Waals surface area contributed by atoms with E-state index in [0.717, 1.165) is 17.1 Å². The molecule has 1 atom stereocenters. The highest BCUT2D eigenvalue weighted by Gasteiger charge is 2.10. The van der Waals surface area contributed by atoms with Gasteiger partial charge >= 0.3 is 0 Å². The molecule has 2 aromatic rings. The molecule has 2 rings (SSSR count). The van der Waals surface area contributed by atoms with E-state index in [0.29, 0.717) is 0 Å². The standard InChI is InChI=1S/C18H22ClN/c1-12-9-13(2)17(14(3)10-12)11-20-15(4)16-7-5-6-8-18(16)19/h5-10,15,20H,11H2,1-4H3. The van der Waals surface area contributed by atoms with E-state index < -0.39 is 0 Å². The fraction of sp³-hybridized carbons (Fsp3) is 0.333. The maximum atomic E-state index is 6.24. The molecule has 1 unspecified atom stereocenters. The first kappa shape index (κ1) is 15.1. The van der Waals surface area contributed by atoms with Crippen molar-refractivity contribution >= 4 is 11.6 Å². The molecular weight excluding hydrogens is 266 g/mol. The molecule has 0 aliphatic carbocycles. The fourth-order valence-corrected chi connectivity index (χ4v) is 2.98. The quantitative estimate of drug-likeness (QED) is 0.823. The largest absolute Gasteiger partial charge is 0.306 e. The zero-order valence-corrected chi connectivity index (χ0v) is 13.4. The van der Waals surface area contributed by atoms with Crippen LogP contribution < -0.4 is 5.32 Å². The van der Waals surface area contributed by atoms with E-state index in [2.05, 4.69) is 51.2 Å². The number of halogens is 1. The Morgan fingerprint density at radius 3 is 2.25 bits per heavy atom. The van der Waals surface area contributed by atoms with Gasteiger partial charge in [0.15, 0.2) is 0 Å². The van der Waals surface area contributed by atoms with E-state index >= 15 is 0 Å². The van der Waals surface area contributed by atoms with Gasteiger partial charge in [0.1, 0.15) is 0 Å². The Bertz CT molecular complexity index is 581. The van der Waals surface area contributed by atoms with Gasteiger partial charge in [0.25, 0.3) is 0 Å². The van der Waals surface area contributed by atoms with Crippen LogP contribution in [0.1, 0.15) is 40.8 Å². The molecule has 0 spiro atoms. The molecule has 2 aromatic carbocycles. The third-order valence-electron chi connectivity index (χ3n) is 3.80. The molecule has 0 bridgehead atoms. The second-order valence-corrected chi connectivity index (χ2v) is 5.91. The predicted molar refractivity (Wildman–Crippen MR) is 87.4 cm³/mol. The fourth-order valence-electron chi connectivity index (χ4n) is 2.68. The molecule has 106 valence electrons. The topological polar surface area (TPSA) is 12.0 Å². The average molecular weight is 288 g/mol. The van der Waals surface area contributed by atoms with Gasteiger partial charge in [-0.2, -0.15) is 0 Å². The summed E-state index contributed by atoms with van der Waals surface area (Å²) in [6, 6.07) is 12.7. The van der Waals surface area contributed by atoms with Crippen LogP contribution in [-0.4, -0.2) is 0 Å². The van der Waals surface area contributed by atoms with Crippen LogP contribution in [0.4, 0.5) is 0 Å². The summed E-state index contributed by atoms with van der Waals surface area (Å²) in [5.41, 5.74) is 6.55. The average Bonchev–Trinajstić information content (AvgIpc) is 2.37. The van der Waals surface area contributed by atoms with Crippen molar-refractivity contribution in [3.05, 3.63) is 69.2 Å². The zero-order valence-electron chi connectivity index (χ0n) is 12.6. The molecule has 0 radical (unpaired) electrons. The normalized spacial score (nSPS) is 12.4. The molecule has 0 aromatic heterocycles. The lowest BCUT2D eigenvalue weighted by atomic mass is 9.99. The van der Waals surface area contributed by atoms with E-state index in [-0.39, 0.29) is 6.04 Å². The minimum absolute atomic E-state index is 0.240. The minimum Gasteiger partial charge on any atom is -0.306 e. The number of benzene rings is 2. The van der Waals surface area contributed by atoms with Crippen molar-refractivity contribution in [2.75, 3.05) is 0 Å². The summed E-state index contributed by atoms with van der Waals surface area (Å²) in [6.07, 6.45) is 0. The van der Waals surface area contributed by atoms with Gasteiger partial charge < -0.3 is 5.32 Å². The predicted octanol–water partition coefficient (Wildman–Crippen LogP) is 5.12. The first-order valence-electron chi connectivity index (χ1n) is 7.03. The maximum absolute atomic E-state index is 6.24. The molecule has 0 aliphatic heterocycles. The SMILES string of the molecule is Cc1cc(C)c(CNC(C)c2ccccc2Cl)c(C)c1. The summed E-state index contributed by atoms with van der Waals surface area (Å²) in [4.78, 5) is 0. The molecule has 0 amide bonds. The van der Waals surface area contributed by atoms with Gasteiger partial charge in [-0.1, -0.05) is 47.5 Å². The number of hydrogen-bond donors (Lipinski definition) is 1. The Kier molecular flexibility index (Phi) is 4.85. The second kappa shape index (κ2) is 6.43. The molecule has 0 saturated carbocycles. The van der Waals surface area contributed by atoms with Gasteiger partial charge in [-0.05, 0) is 56.0 Å². The van der Waals surface area contributed by atoms with Crippen LogP contribution in [0, 0.1) is 20.8 Å². The molecule has 2 heteroatoms. The van der Waals surface area contributed by atoms with Gasteiger partial charge in [-0.25, -0.2) is 0 Å². The molecule has 1 N–H and O–H groups in total. The van der Waals surface area contributed by atoms with Crippen molar-refractivity contribution in [2.45, 2.75) is 40.3 Å². The molecular formula is C18H22ClN. The van der Waals surface area contributed by atoms with Gasteiger partial charge in [0.2, 0.25) is 0 Å². The number of aryl methyl sites for hydroxylation is 3. The van der Waals surface area contributed by atoms with Crippen molar-refractivity contribution < 1.29 is 0 Å². The Morgan fingerprint density at radius 1 is 1.05 bits per heavy atom. The summed E-state index contributed by atoms with van der Waals surface area (Å²) < 4.78 is 0. The molecule has 20 heavy (non-hydrogen) atoms. The van der Waals surface area contributed by atoms with Crippen LogP contribution in [0.2, 0.25) is 5.02 Å². The Hall–Kier alpha value is -1.31. The highest BCUT2D eigenvalue weighted by molar-refractivity contribution is 6.31. The van der Waals surface area contributed by atoms with E-state index in [1.807, 2.05) is 18.2 Å². The van der Waals surface area contributed by atoms with Crippen molar-refractivity contribution in [3.8, 4) is 0 Å². The number of nitrogens with one attached hydrogen (secondary N) is 1. The summed E-state index contributed by atoms with van der Waals surface area (Å²) in [5, 5.41) is 4.40. The van der Waals surface area contributed by atoms with Crippen molar-refractivity contribution in [3.63, 3.8) is 0 Å². The van der Waals surface area contributed by atoms with E-state index in [4.69, 9.17) is 11.6 Å². The van der Waals surface area contributed by atoms with E-state index in [1.165, 1.54) is 22.3 Å². The van der Waals surface area contributed by atoms with Crippen LogP contribution in [0.25, 0.3) is 0 Å². The molecule has 0 saturated heterocycles. The van der Waals surface area contributed by atoms with Crippen LogP contribution in [0.3, 0.4) is 0 Å². The van der Waals surface area contributed by atoms with Gasteiger partial charge in [-0.15, -0.1) is 0 Å². The molecule has 1 nitrogen and oxygen atoms in total. The number of rotatable bonds is 4. The summed E-state index contributed by atoms with van der Waals surface area (Å²) in [5.74, 6) is 0. The van der Waals surface area contributed by atoms with Crippen LogP contribution in [0.15, 0.2) is 36.4 Å².